The first-order valence-corrected chi connectivity index (χ1v) is 7.16. The molecular weight excluding hydrogens is 228 g/mol. The van der Waals surface area contributed by atoms with E-state index >= 15 is 0 Å². The highest BCUT2D eigenvalue weighted by Gasteiger charge is 2.14. The molecule has 0 aromatic heterocycles. The molecule has 2 aliphatic rings. The molecule has 0 saturated carbocycles. The average Bonchev–Trinajstić information content (AvgIpc) is 2.44. The van der Waals surface area contributed by atoms with E-state index < -0.39 is 0 Å². The molecule has 0 N–H and O–H groups in total. The summed E-state index contributed by atoms with van der Waals surface area (Å²) in [5.74, 6) is 0.487. The number of allylic oxidation sites excluding steroid dienone is 6. The molecule has 2 bridgehead atoms. The summed E-state index contributed by atoms with van der Waals surface area (Å²) < 4.78 is 0. The summed E-state index contributed by atoms with van der Waals surface area (Å²) in [6.45, 7) is 4.46. The molecule has 1 unspecified atom stereocenters. The number of aryl methyl sites for hydroxylation is 1. The molecule has 0 saturated heterocycles. The monoisotopic (exact) mass is 248 g/mol. The maximum absolute atomic E-state index is 2.29. The summed E-state index contributed by atoms with van der Waals surface area (Å²) in [6, 6.07) is 4.56. The Morgan fingerprint density at radius 1 is 1.11 bits per heavy atom. The molecule has 1 atom stereocenters. The molecule has 0 heteroatoms. The summed E-state index contributed by atoms with van der Waals surface area (Å²) in [7, 11) is 0. The SMILES string of the molecule is CCc1ccc2c3c1C=C/C(=C/C=C\C(C)/C=C\2)C3. The van der Waals surface area contributed by atoms with Crippen LogP contribution in [0.1, 0.15) is 36.1 Å². The number of rotatable bonds is 1. The van der Waals surface area contributed by atoms with Gasteiger partial charge in [-0.3, -0.25) is 0 Å². The summed E-state index contributed by atoms with van der Waals surface area (Å²) >= 11 is 0. The van der Waals surface area contributed by atoms with Gasteiger partial charge in [-0.1, -0.05) is 68.5 Å². The Labute approximate surface area is 115 Å². The quantitative estimate of drug-likeness (QED) is 0.658. The molecular formula is C19H20. The predicted octanol–water partition coefficient (Wildman–Crippen LogP) is 4.96. The molecule has 3 rings (SSSR count). The Kier molecular flexibility index (Phi) is 3.25. The average molecular weight is 248 g/mol. The minimum atomic E-state index is 0.487. The molecule has 1 aromatic carbocycles. The van der Waals surface area contributed by atoms with Crippen LogP contribution >= 0.6 is 0 Å². The third-order valence-electron chi connectivity index (χ3n) is 4.01. The van der Waals surface area contributed by atoms with E-state index in [1.165, 1.54) is 27.8 Å². The van der Waals surface area contributed by atoms with Gasteiger partial charge in [-0.05, 0) is 46.6 Å². The molecule has 1 aromatic rings. The van der Waals surface area contributed by atoms with E-state index in [0.717, 1.165) is 12.8 Å². The van der Waals surface area contributed by atoms with Crippen LogP contribution in [0.15, 0.2) is 48.1 Å². The summed E-state index contributed by atoms with van der Waals surface area (Å²) in [4.78, 5) is 0. The Morgan fingerprint density at radius 2 is 2.00 bits per heavy atom. The van der Waals surface area contributed by atoms with Crippen molar-refractivity contribution in [1.82, 2.24) is 0 Å². The summed E-state index contributed by atoms with van der Waals surface area (Å²) in [5, 5.41) is 0. The number of hydrogen-bond donors (Lipinski definition) is 0. The molecule has 0 aliphatic heterocycles. The third-order valence-corrected chi connectivity index (χ3v) is 4.01. The van der Waals surface area contributed by atoms with E-state index in [4.69, 9.17) is 0 Å². The van der Waals surface area contributed by atoms with E-state index in [2.05, 4.69) is 68.5 Å². The zero-order chi connectivity index (χ0) is 13.2. The number of fused-ring (bicyclic) bond motifs is 1. The molecule has 0 fully saturated rings. The van der Waals surface area contributed by atoms with Crippen molar-refractivity contribution in [2.24, 2.45) is 5.92 Å². The van der Waals surface area contributed by atoms with Crippen molar-refractivity contribution in [2.45, 2.75) is 26.7 Å². The minimum Gasteiger partial charge on any atom is -0.0779 e. The molecule has 0 amide bonds. The predicted molar refractivity (Wildman–Crippen MR) is 84.0 cm³/mol. The highest BCUT2D eigenvalue weighted by Crippen LogP contribution is 2.30. The molecule has 2 aliphatic carbocycles. The second-order valence-corrected chi connectivity index (χ2v) is 5.41. The van der Waals surface area contributed by atoms with Gasteiger partial charge in [0.05, 0.1) is 0 Å². The van der Waals surface area contributed by atoms with Gasteiger partial charge in [0, 0.05) is 0 Å². The van der Waals surface area contributed by atoms with Gasteiger partial charge in [-0.2, -0.15) is 0 Å². The fraction of sp³-hybridized carbons (Fsp3) is 0.263. The van der Waals surface area contributed by atoms with Gasteiger partial charge in [0.25, 0.3) is 0 Å². The van der Waals surface area contributed by atoms with E-state index in [1.807, 2.05) is 0 Å². The lowest BCUT2D eigenvalue weighted by Gasteiger charge is -2.19. The van der Waals surface area contributed by atoms with Crippen LogP contribution < -0.4 is 0 Å². The second-order valence-electron chi connectivity index (χ2n) is 5.41. The van der Waals surface area contributed by atoms with Crippen molar-refractivity contribution >= 4 is 12.2 Å². The lowest BCUT2D eigenvalue weighted by atomic mass is 9.85. The Balaban J connectivity index is 2.21. The van der Waals surface area contributed by atoms with Crippen molar-refractivity contribution < 1.29 is 0 Å². The molecule has 0 nitrogen and oxygen atoms in total. The standard InChI is InChI=1S/C19H20/c1-3-16-10-11-17-9-7-14(2)5-4-6-15-8-12-18(16)19(17)13-15/h4-12,14H,3,13H2,1-2H3/b5-4-,9-7-,15-6-. The maximum Gasteiger partial charge on any atom is -0.00138 e. The fourth-order valence-corrected chi connectivity index (χ4v) is 2.84. The Morgan fingerprint density at radius 3 is 2.84 bits per heavy atom. The van der Waals surface area contributed by atoms with Crippen LogP contribution in [0, 0.1) is 5.92 Å². The van der Waals surface area contributed by atoms with Crippen LogP contribution in [0.4, 0.5) is 0 Å². The smallest absolute Gasteiger partial charge is 0.00138 e. The summed E-state index contributed by atoms with van der Waals surface area (Å²) in [5.41, 5.74) is 7.18. The topological polar surface area (TPSA) is 0 Å². The molecule has 96 valence electrons. The van der Waals surface area contributed by atoms with Crippen LogP contribution in [0.2, 0.25) is 0 Å². The van der Waals surface area contributed by atoms with Crippen molar-refractivity contribution in [3.63, 3.8) is 0 Å². The maximum atomic E-state index is 2.29. The number of hydrogen-bond acceptors (Lipinski definition) is 0. The lowest BCUT2D eigenvalue weighted by molar-refractivity contribution is 0.943. The van der Waals surface area contributed by atoms with Gasteiger partial charge in [-0.15, -0.1) is 0 Å². The minimum absolute atomic E-state index is 0.487. The van der Waals surface area contributed by atoms with Gasteiger partial charge in [0.2, 0.25) is 0 Å². The van der Waals surface area contributed by atoms with E-state index in [0.29, 0.717) is 5.92 Å². The normalized spacial score (nSPS) is 26.4. The van der Waals surface area contributed by atoms with Crippen LogP contribution in [0.25, 0.3) is 12.2 Å². The van der Waals surface area contributed by atoms with Crippen LogP contribution in [0.3, 0.4) is 0 Å². The van der Waals surface area contributed by atoms with Crippen LogP contribution in [0.5, 0.6) is 0 Å². The van der Waals surface area contributed by atoms with E-state index in [9.17, 15) is 0 Å². The first-order valence-electron chi connectivity index (χ1n) is 7.16. The van der Waals surface area contributed by atoms with Gasteiger partial charge in [0.15, 0.2) is 0 Å². The largest absolute Gasteiger partial charge is 0.0779 e. The van der Waals surface area contributed by atoms with E-state index in [-0.39, 0.29) is 0 Å². The summed E-state index contributed by atoms with van der Waals surface area (Å²) in [6.07, 6.45) is 18.0. The van der Waals surface area contributed by atoms with Gasteiger partial charge in [0.1, 0.15) is 0 Å². The molecule has 0 spiro atoms. The Hall–Kier alpha value is -1.82. The number of benzene rings is 1. The highest BCUT2D eigenvalue weighted by molar-refractivity contribution is 5.71. The van der Waals surface area contributed by atoms with Crippen molar-refractivity contribution in [1.29, 1.82) is 0 Å². The van der Waals surface area contributed by atoms with Crippen LogP contribution in [-0.4, -0.2) is 0 Å². The molecule has 0 heterocycles. The molecule has 0 radical (unpaired) electrons. The van der Waals surface area contributed by atoms with Crippen molar-refractivity contribution in [3.8, 4) is 0 Å². The van der Waals surface area contributed by atoms with Crippen molar-refractivity contribution in [2.75, 3.05) is 0 Å². The van der Waals surface area contributed by atoms with Crippen molar-refractivity contribution in [3.05, 3.63) is 70.3 Å². The van der Waals surface area contributed by atoms with Gasteiger partial charge < -0.3 is 0 Å². The first-order chi connectivity index (χ1) is 9.28. The fourth-order valence-electron chi connectivity index (χ4n) is 2.84. The van der Waals surface area contributed by atoms with Crippen LogP contribution in [-0.2, 0) is 12.8 Å². The lowest BCUT2D eigenvalue weighted by Crippen LogP contribution is -2.04. The van der Waals surface area contributed by atoms with Gasteiger partial charge >= 0.3 is 0 Å². The highest BCUT2D eigenvalue weighted by atomic mass is 14.2. The zero-order valence-corrected chi connectivity index (χ0v) is 11.7. The zero-order valence-electron chi connectivity index (χ0n) is 11.7. The van der Waals surface area contributed by atoms with Gasteiger partial charge in [-0.25, -0.2) is 0 Å². The second kappa shape index (κ2) is 5.05. The first kappa shape index (κ1) is 12.2. The van der Waals surface area contributed by atoms with E-state index in [1.54, 1.807) is 0 Å². The third kappa shape index (κ3) is 2.35. The Bertz CT molecular complexity index is 609. The molecule has 19 heavy (non-hydrogen) atoms.